The molecule has 0 atom stereocenters. The van der Waals surface area contributed by atoms with Gasteiger partial charge in [-0.3, -0.25) is 4.79 Å². The first-order valence-corrected chi connectivity index (χ1v) is 6.88. The molecule has 0 aliphatic rings. The molecule has 0 bridgehead atoms. The van der Waals surface area contributed by atoms with Crippen LogP contribution >= 0.6 is 11.3 Å². The maximum absolute atomic E-state index is 11.7. The molecule has 0 fully saturated rings. The summed E-state index contributed by atoms with van der Waals surface area (Å²) in [5.41, 5.74) is 1.78. The molecule has 0 saturated carbocycles. The number of rotatable bonds is 5. The third-order valence-electron chi connectivity index (χ3n) is 2.56. The van der Waals surface area contributed by atoms with E-state index in [9.17, 15) is 4.79 Å². The smallest absolute Gasteiger partial charge is 0.251 e. The largest absolute Gasteiger partial charge is 0.352 e. The average molecular weight is 260 g/mol. The number of aromatic nitrogens is 1. The van der Waals surface area contributed by atoms with Crippen LogP contribution in [-0.4, -0.2) is 17.4 Å². The number of hydrogen-bond donors (Lipinski definition) is 1. The van der Waals surface area contributed by atoms with Crippen LogP contribution in [0.3, 0.4) is 0 Å². The summed E-state index contributed by atoms with van der Waals surface area (Å²) < 4.78 is 0. The van der Waals surface area contributed by atoms with E-state index >= 15 is 0 Å². The summed E-state index contributed by atoms with van der Waals surface area (Å²) in [6.45, 7) is 2.68. The van der Waals surface area contributed by atoms with Gasteiger partial charge in [-0.2, -0.15) is 0 Å². The van der Waals surface area contributed by atoms with Crippen molar-refractivity contribution < 1.29 is 4.79 Å². The first-order chi connectivity index (χ1) is 8.75. The van der Waals surface area contributed by atoms with Gasteiger partial charge in [0, 0.05) is 29.6 Å². The zero-order valence-electron chi connectivity index (χ0n) is 10.3. The minimum absolute atomic E-state index is 0.00841. The Bertz CT molecular complexity index is 508. The number of carbonyl (C=O) groups excluding carboxylic acids is 1. The molecule has 1 aromatic carbocycles. The lowest BCUT2D eigenvalue weighted by atomic mass is 10.2. The summed E-state index contributed by atoms with van der Waals surface area (Å²) >= 11 is 1.68. The summed E-state index contributed by atoms with van der Waals surface area (Å²) in [6, 6.07) is 9.28. The van der Waals surface area contributed by atoms with Crippen LogP contribution in [0.5, 0.6) is 0 Å². The van der Waals surface area contributed by atoms with Crippen LogP contribution in [0.25, 0.3) is 0 Å². The lowest BCUT2D eigenvalue weighted by Crippen LogP contribution is -2.24. The molecule has 0 unspecified atom stereocenters. The van der Waals surface area contributed by atoms with Gasteiger partial charge in [-0.1, -0.05) is 18.2 Å². The Morgan fingerprint density at radius 1 is 1.33 bits per heavy atom. The van der Waals surface area contributed by atoms with Gasteiger partial charge in [-0.25, -0.2) is 4.98 Å². The van der Waals surface area contributed by atoms with Crippen LogP contribution in [0.2, 0.25) is 0 Å². The summed E-state index contributed by atoms with van der Waals surface area (Å²) in [5.74, 6) is -0.00841. The summed E-state index contributed by atoms with van der Waals surface area (Å²) in [7, 11) is 0. The number of benzene rings is 1. The second kappa shape index (κ2) is 6.31. The van der Waals surface area contributed by atoms with E-state index < -0.39 is 0 Å². The summed E-state index contributed by atoms with van der Waals surface area (Å²) in [4.78, 5) is 16.1. The van der Waals surface area contributed by atoms with Crippen LogP contribution in [0.4, 0.5) is 0 Å². The zero-order chi connectivity index (χ0) is 12.8. The molecule has 0 aliphatic carbocycles. The molecule has 18 heavy (non-hydrogen) atoms. The zero-order valence-corrected chi connectivity index (χ0v) is 11.2. The Morgan fingerprint density at radius 3 is 2.78 bits per heavy atom. The van der Waals surface area contributed by atoms with Crippen LogP contribution in [-0.2, 0) is 6.42 Å². The molecule has 1 heterocycles. The number of nitrogens with zero attached hydrogens (tertiary/aromatic N) is 1. The molecular weight excluding hydrogens is 244 g/mol. The van der Waals surface area contributed by atoms with Crippen molar-refractivity contribution in [2.45, 2.75) is 19.8 Å². The van der Waals surface area contributed by atoms with Crippen molar-refractivity contribution >= 4 is 17.2 Å². The van der Waals surface area contributed by atoms with Crippen LogP contribution < -0.4 is 5.32 Å². The van der Waals surface area contributed by atoms with Gasteiger partial charge in [0.1, 0.15) is 0 Å². The van der Waals surface area contributed by atoms with Crippen molar-refractivity contribution in [2.24, 2.45) is 0 Å². The van der Waals surface area contributed by atoms with Crippen molar-refractivity contribution in [3.63, 3.8) is 0 Å². The van der Waals surface area contributed by atoms with Gasteiger partial charge in [0.2, 0.25) is 0 Å². The van der Waals surface area contributed by atoms with E-state index in [2.05, 4.69) is 15.7 Å². The molecule has 0 aliphatic heterocycles. The third-order valence-corrected chi connectivity index (χ3v) is 3.58. The molecular formula is C14H16N2OS. The quantitative estimate of drug-likeness (QED) is 0.840. The molecule has 1 aromatic heterocycles. The second-order valence-electron chi connectivity index (χ2n) is 4.11. The van der Waals surface area contributed by atoms with Gasteiger partial charge in [0.15, 0.2) is 0 Å². The van der Waals surface area contributed by atoms with Crippen molar-refractivity contribution in [1.29, 1.82) is 0 Å². The molecule has 0 spiro atoms. The Hall–Kier alpha value is -1.68. The number of amides is 1. The highest BCUT2D eigenvalue weighted by molar-refractivity contribution is 7.09. The van der Waals surface area contributed by atoms with Crippen molar-refractivity contribution in [2.75, 3.05) is 6.54 Å². The van der Waals surface area contributed by atoms with Crippen molar-refractivity contribution in [1.82, 2.24) is 10.3 Å². The number of carbonyl (C=O) groups is 1. The molecule has 1 N–H and O–H groups in total. The molecule has 2 aromatic rings. The summed E-state index contributed by atoms with van der Waals surface area (Å²) in [5, 5.41) is 6.11. The van der Waals surface area contributed by atoms with E-state index in [0.717, 1.165) is 23.5 Å². The maximum Gasteiger partial charge on any atom is 0.251 e. The van der Waals surface area contributed by atoms with E-state index in [1.807, 2.05) is 37.3 Å². The number of hydrogen-bond acceptors (Lipinski definition) is 3. The van der Waals surface area contributed by atoms with Crippen molar-refractivity contribution in [3.05, 3.63) is 52.0 Å². The Labute approximate surface area is 111 Å². The number of thiazole rings is 1. The average Bonchev–Trinajstić information content (AvgIpc) is 2.81. The van der Waals surface area contributed by atoms with E-state index in [1.165, 1.54) is 0 Å². The highest BCUT2D eigenvalue weighted by Crippen LogP contribution is 2.10. The molecule has 2 rings (SSSR count). The Kier molecular flexibility index (Phi) is 4.47. The maximum atomic E-state index is 11.7. The predicted molar refractivity (Wildman–Crippen MR) is 73.9 cm³/mol. The fraction of sp³-hybridized carbons (Fsp3) is 0.286. The Balaban J connectivity index is 1.71. The highest BCUT2D eigenvalue weighted by Gasteiger charge is 2.03. The van der Waals surface area contributed by atoms with E-state index in [0.29, 0.717) is 12.1 Å². The Morgan fingerprint density at radius 2 is 2.11 bits per heavy atom. The standard InChI is InChI=1S/C14H16N2OS/c1-11-10-18-13(16-11)8-5-9-15-14(17)12-6-3-2-4-7-12/h2-4,6-7,10H,5,8-9H2,1H3,(H,15,17). The van der Waals surface area contributed by atoms with Crippen molar-refractivity contribution in [3.8, 4) is 0 Å². The predicted octanol–water partition coefficient (Wildman–Crippen LogP) is 2.81. The first-order valence-electron chi connectivity index (χ1n) is 6.00. The van der Waals surface area contributed by atoms with Gasteiger partial charge in [-0.15, -0.1) is 11.3 Å². The van der Waals surface area contributed by atoms with Crippen LogP contribution in [0.15, 0.2) is 35.7 Å². The topological polar surface area (TPSA) is 42.0 Å². The lowest BCUT2D eigenvalue weighted by molar-refractivity contribution is 0.0953. The molecule has 4 heteroatoms. The second-order valence-corrected chi connectivity index (χ2v) is 5.05. The molecule has 0 radical (unpaired) electrons. The van der Waals surface area contributed by atoms with Crippen LogP contribution in [0.1, 0.15) is 27.5 Å². The first kappa shape index (κ1) is 12.8. The van der Waals surface area contributed by atoms with E-state index in [1.54, 1.807) is 11.3 Å². The molecule has 3 nitrogen and oxygen atoms in total. The minimum Gasteiger partial charge on any atom is -0.352 e. The third kappa shape index (κ3) is 3.67. The molecule has 94 valence electrons. The minimum atomic E-state index is -0.00841. The normalized spacial score (nSPS) is 10.3. The fourth-order valence-corrected chi connectivity index (χ4v) is 2.47. The summed E-state index contributed by atoms with van der Waals surface area (Å²) in [6.07, 6.45) is 1.85. The SMILES string of the molecule is Cc1csc(CCCNC(=O)c2ccccc2)n1. The molecule has 1 amide bonds. The number of aryl methyl sites for hydroxylation is 2. The molecule has 0 saturated heterocycles. The van der Waals surface area contributed by atoms with Crippen LogP contribution in [0, 0.1) is 6.92 Å². The monoisotopic (exact) mass is 260 g/mol. The van der Waals surface area contributed by atoms with Gasteiger partial charge >= 0.3 is 0 Å². The lowest BCUT2D eigenvalue weighted by Gasteiger charge is -2.03. The van der Waals surface area contributed by atoms with E-state index in [4.69, 9.17) is 0 Å². The highest BCUT2D eigenvalue weighted by atomic mass is 32.1. The fourth-order valence-electron chi connectivity index (χ4n) is 1.65. The van der Waals surface area contributed by atoms with E-state index in [-0.39, 0.29) is 5.91 Å². The van der Waals surface area contributed by atoms with Gasteiger partial charge in [-0.05, 0) is 25.5 Å². The van der Waals surface area contributed by atoms with Gasteiger partial charge in [0.25, 0.3) is 5.91 Å². The van der Waals surface area contributed by atoms with Gasteiger partial charge < -0.3 is 5.32 Å². The van der Waals surface area contributed by atoms with Gasteiger partial charge in [0.05, 0.1) is 5.01 Å². The number of nitrogens with one attached hydrogen (secondary N) is 1.